The van der Waals surface area contributed by atoms with E-state index >= 15 is 0 Å². The molecule has 162 valence electrons. The van der Waals surface area contributed by atoms with Gasteiger partial charge in [0.05, 0.1) is 13.2 Å². The summed E-state index contributed by atoms with van der Waals surface area (Å²) in [6.07, 6.45) is 2.45. The van der Waals surface area contributed by atoms with Crippen LogP contribution in [0.4, 0.5) is 0 Å². The summed E-state index contributed by atoms with van der Waals surface area (Å²) in [6, 6.07) is 16.2. The highest BCUT2D eigenvalue weighted by molar-refractivity contribution is 5.80. The second-order valence-corrected chi connectivity index (χ2v) is 7.30. The predicted molar refractivity (Wildman–Crippen MR) is 120 cm³/mol. The van der Waals surface area contributed by atoms with E-state index in [2.05, 4.69) is 28.2 Å². The minimum Gasteiger partial charge on any atom is -0.493 e. The Bertz CT molecular complexity index is 803. The van der Waals surface area contributed by atoms with E-state index in [0.717, 1.165) is 61.1 Å². The largest absolute Gasteiger partial charge is 0.493 e. The highest BCUT2D eigenvalue weighted by Crippen LogP contribution is 2.29. The molecule has 6 heteroatoms. The molecule has 1 fully saturated rings. The number of likely N-dealkylation sites (tertiary alicyclic amines) is 1. The van der Waals surface area contributed by atoms with Crippen LogP contribution >= 0.6 is 0 Å². The summed E-state index contributed by atoms with van der Waals surface area (Å²) in [5, 5.41) is 3.47. The van der Waals surface area contributed by atoms with E-state index in [-0.39, 0.29) is 0 Å². The van der Waals surface area contributed by atoms with Gasteiger partial charge in [-0.1, -0.05) is 36.4 Å². The number of guanidine groups is 1. The van der Waals surface area contributed by atoms with Crippen molar-refractivity contribution in [3.8, 4) is 11.5 Å². The maximum absolute atomic E-state index is 5.95. The van der Waals surface area contributed by atoms with Crippen molar-refractivity contribution in [1.29, 1.82) is 0 Å². The van der Waals surface area contributed by atoms with E-state index in [0.29, 0.717) is 19.3 Å². The highest BCUT2D eigenvalue weighted by atomic mass is 16.5. The molecular weight excluding hydrogens is 378 g/mol. The van der Waals surface area contributed by atoms with Crippen molar-refractivity contribution in [3.63, 3.8) is 0 Å². The first-order chi connectivity index (χ1) is 14.7. The summed E-state index contributed by atoms with van der Waals surface area (Å²) >= 11 is 0. The summed E-state index contributed by atoms with van der Waals surface area (Å²) in [5.74, 6) is 2.40. The third kappa shape index (κ3) is 6.13. The Balaban J connectivity index is 1.54. The predicted octanol–water partition coefficient (Wildman–Crippen LogP) is 3.85. The van der Waals surface area contributed by atoms with Crippen LogP contribution in [-0.2, 0) is 17.9 Å². The van der Waals surface area contributed by atoms with Gasteiger partial charge in [-0.2, -0.15) is 0 Å². The first-order valence-electron chi connectivity index (χ1n) is 10.6. The zero-order chi connectivity index (χ0) is 21.2. The molecule has 0 amide bonds. The fraction of sp³-hybridized carbons (Fsp3) is 0.458. The fourth-order valence-electron chi connectivity index (χ4n) is 3.66. The lowest BCUT2D eigenvalue weighted by atomic mass is 10.1. The summed E-state index contributed by atoms with van der Waals surface area (Å²) in [6.45, 7) is 5.94. The van der Waals surface area contributed by atoms with Crippen LogP contribution < -0.4 is 14.8 Å². The molecule has 2 aromatic carbocycles. The SMILES string of the molecule is CCOC1CCN(C(=NC)NCc2ccc(OCc3ccccc3)c(OC)c2)CC1. The lowest BCUT2D eigenvalue weighted by Crippen LogP contribution is -2.46. The number of benzene rings is 2. The standard InChI is InChI=1S/C24H33N3O3/c1-4-29-21-12-14-27(15-13-21)24(25-2)26-17-20-10-11-22(23(16-20)28-3)30-18-19-8-6-5-7-9-19/h5-11,16,21H,4,12-15,17-18H2,1-3H3,(H,25,26). The maximum Gasteiger partial charge on any atom is 0.193 e. The van der Waals surface area contributed by atoms with Crippen LogP contribution in [0.15, 0.2) is 53.5 Å². The molecule has 6 nitrogen and oxygen atoms in total. The van der Waals surface area contributed by atoms with E-state index in [1.54, 1.807) is 7.11 Å². The minimum atomic E-state index is 0.372. The summed E-state index contributed by atoms with van der Waals surface area (Å²) in [7, 11) is 3.50. The molecule has 0 aromatic heterocycles. The number of piperidine rings is 1. The molecule has 0 radical (unpaired) electrons. The van der Waals surface area contributed by atoms with Crippen molar-refractivity contribution < 1.29 is 14.2 Å². The van der Waals surface area contributed by atoms with Gasteiger partial charge in [-0.3, -0.25) is 4.99 Å². The number of nitrogens with one attached hydrogen (secondary N) is 1. The molecule has 0 aliphatic carbocycles. The lowest BCUT2D eigenvalue weighted by Gasteiger charge is -2.34. The van der Waals surface area contributed by atoms with Crippen molar-refractivity contribution in [3.05, 3.63) is 59.7 Å². The molecule has 1 heterocycles. The zero-order valence-corrected chi connectivity index (χ0v) is 18.3. The van der Waals surface area contributed by atoms with Crippen LogP contribution in [0.1, 0.15) is 30.9 Å². The van der Waals surface area contributed by atoms with E-state index in [1.807, 2.05) is 49.5 Å². The number of hydrogen-bond donors (Lipinski definition) is 1. The van der Waals surface area contributed by atoms with Gasteiger partial charge in [0.15, 0.2) is 17.5 Å². The van der Waals surface area contributed by atoms with Gasteiger partial charge in [-0.05, 0) is 43.0 Å². The van der Waals surface area contributed by atoms with E-state index in [1.165, 1.54) is 0 Å². The first kappa shape index (κ1) is 22.0. The van der Waals surface area contributed by atoms with Crippen molar-refractivity contribution in [2.24, 2.45) is 4.99 Å². The van der Waals surface area contributed by atoms with Gasteiger partial charge < -0.3 is 24.4 Å². The maximum atomic E-state index is 5.95. The van der Waals surface area contributed by atoms with Crippen LogP contribution in [0.3, 0.4) is 0 Å². The average Bonchev–Trinajstić information content (AvgIpc) is 2.80. The molecule has 0 spiro atoms. The van der Waals surface area contributed by atoms with E-state index in [9.17, 15) is 0 Å². The summed E-state index contributed by atoms with van der Waals surface area (Å²) in [4.78, 5) is 6.75. The van der Waals surface area contributed by atoms with Crippen LogP contribution in [0, 0.1) is 0 Å². The molecule has 0 atom stereocenters. The van der Waals surface area contributed by atoms with Crippen molar-refractivity contribution >= 4 is 5.96 Å². The second kappa shape index (κ2) is 11.5. The molecule has 0 saturated carbocycles. The number of aliphatic imine (C=N–C) groups is 1. The second-order valence-electron chi connectivity index (χ2n) is 7.30. The number of nitrogens with zero attached hydrogens (tertiary/aromatic N) is 2. The molecule has 0 bridgehead atoms. The van der Waals surface area contributed by atoms with Gasteiger partial charge in [0.25, 0.3) is 0 Å². The quantitative estimate of drug-likeness (QED) is 0.528. The van der Waals surface area contributed by atoms with Crippen molar-refractivity contribution in [2.75, 3.05) is 33.9 Å². The smallest absolute Gasteiger partial charge is 0.193 e. The third-order valence-corrected chi connectivity index (χ3v) is 5.27. The van der Waals surface area contributed by atoms with Gasteiger partial charge in [0.2, 0.25) is 0 Å². The van der Waals surface area contributed by atoms with Crippen molar-refractivity contribution in [2.45, 2.75) is 39.0 Å². The normalized spacial score (nSPS) is 15.2. The molecule has 30 heavy (non-hydrogen) atoms. The summed E-state index contributed by atoms with van der Waals surface area (Å²) < 4.78 is 17.2. The Morgan fingerprint density at radius 3 is 2.50 bits per heavy atom. The number of methoxy groups -OCH3 is 1. The molecule has 1 saturated heterocycles. The van der Waals surface area contributed by atoms with E-state index in [4.69, 9.17) is 14.2 Å². The van der Waals surface area contributed by atoms with Crippen LogP contribution in [-0.4, -0.2) is 50.8 Å². The Hall–Kier alpha value is -2.73. The fourth-order valence-corrected chi connectivity index (χ4v) is 3.66. The Labute approximate surface area is 179 Å². The molecule has 1 aliphatic rings. The Kier molecular flexibility index (Phi) is 8.39. The molecule has 1 aliphatic heterocycles. The van der Waals surface area contributed by atoms with Gasteiger partial charge in [-0.25, -0.2) is 0 Å². The number of ether oxygens (including phenoxy) is 3. The summed E-state index contributed by atoms with van der Waals surface area (Å²) in [5.41, 5.74) is 2.24. The number of rotatable bonds is 8. The Morgan fingerprint density at radius 1 is 1.07 bits per heavy atom. The molecule has 0 unspecified atom stereocenters. The average molecular weight is 412 g/mol. The molecule has 1 N–H and O–H groups in total. The zero-order valence-electron chi connectivity index (χ0n) is 18.3. The molecular formula is C24H33N3O3. The van der Waals surface area contributed by atoms with Gasteiger partial charge in [0, 0.05) is 33.3 Å². The first-order valence-corrected chi connectivity index (χ1v) is 10.6. The minimum absolute atomic E-state index is 0.372. The van der Waals surface area contributed by atoms with Gasteiger partial charge >= 0.3 is 0 Å². The highest BCUT2D eigenvalue weighted by Gasteiger charge is 2.21. The van der Waals surface area contributed by atoms with Crippen LogP contribution in [0.5, 0.6) is 11.5 Å². The molecule has 3 rings (SSSR count). The monoisotopic (exact) mass is 411 g/mol. The van der Waals surface area contributed by atoms with Crippen molar-refractivity contribution in [1.82, 2.24) is 10.2 Å². The Morgan fingerprint density at radius 2 is 1.83 bits per heavy atom. The van der Waals surface area contributed by atoms with E-state index < -0.39 is 0 Å². The van der Waals surface area contributed by atoms with Crippen LogP contribution in [0.25, 0.3) is 0 Å². The molecule has 2 aromatic rings. The van der Waals surface area contributed by atoms with Gasteiger partial charge in [0.1, 0.15) is 6.61 Å². The van der Waals surface area contributed by atoms with Gasteiger partial charge in [-0.15, -0.1) is 0 Å². The number of hydrogen-bond acceptors (Lipinski definition) is 4. The lowest BCUT2D eigenvalue weighted by molar-refractivity contribution is 0.0263. The van der Waals surface area contributed by atoms with Crippen LogP contribution in [0.2, 0.25) is 0 Å². The topological polar surface area (TPSA) is 55.3 Å². The third-order valence-electron chi connectivity index (χ3n) is 5.27.